The van der Waals surface area contributed by atoms with Crippen molar-refractivity contribution in [2.75, 3.05) is 12.3 Å². The number of halogens is 1. The molecule has 3 N–H and O–H groups in total. The smallest absolute Gasteiger partial charge is 0.253 e. The molecule has 4 nitrogen and oxygen atoms in total. The molecule has 0 fully saturated rings. The van der Waals surface area contributed by atoms with E-state index in [0.29, 0.717) is 17.9 Å². The lowest BCUT2D eigenvalue weighted by molar-refractivity contribution is 0.0929. The largest absolute Gasteiger partial charge is 0.491 e. The van der Waals surface area contributed by atoms with Crippen molar-refractivity contribution in [3.05, 3.63) is 58.1 Å². The molecule has 2 aromatic carbocycles. The van der Waals surface area contributed by atoms with E-state index >= 15 is 0 Å². The Labute approximate surface area is 125 Å². The summed E-state index contributed by atoms with van der Waals surface area (Å²) in [5.41, 5.74) is 7.80. The van der Waals surface area contributed by atoms with E-state index in [9.17, 15) is 4.79 Å². The minimum atomic E-state index is -0.172. The predicted molar refractivity (Wildman–Crippen MR) is 80.7 cm³/mol. The molecule has 5 heteroatoms. The normalized spacial score (nSPS) is 16.4. The van der Waals surface area contributed by atoms with Crippen LogP contribution in [0.15, 0.2) is 46.9 Å². The number of para-hydroxylation sites is 1. The Morgan fingerprint density at radius 1 is 1.30 bits per heavy atom. The van der Waals surface area contributed by atoms with Crippen molar-refractivity contribution in [2.45, 2.75) is 6.04 Å². The molecule has 1 aliphatic heterocycles. The maximum atomic E-state index is 12.3. The third-order valence-electron chi connectivity index (χ3n) is 3.24. The van der Waals surface area contributed by atoms with E-state index in [1.54, 1.807) is 18.2 Å². The number of hydrogen-bond acceptors (Lipinski definition) is 3. The molecule has 102 valence electrons. The van der Waals surface area contributed by atoms with Gasteiger partial charge in [0.05, 0.1) is 11.6 Å². The number of nitrogens with two attached hydrogens (primary N) is 1. The number of benzene rings is 2. The van der Waals surface area contributed by atoms with E-state index in [-0.39, 0.29) is 11.9 Å². The maximum Gasteiger partial charge on any atom is 0.253 e. The molecule has 1 amide bonds. The first-order valence-corrected chi connectivity index (χ1v) is 7.02. The second kappa shape index (κ2) is 5.17. The number of rotatable bonds is 2. The van der Waals surface area contributed by atoms with E-state index in [4.69, 9.17) is 10.5 Å². The molecule has 0 saturated heterocycles. The summed E-state index contributed by atoms with van der Waals surface area (Å²) in [5.74, 6) is 0.652. The van der Waals surface area contributed by atoms with Gasteiger partial charge in [0.1, 0.15) is 12.4 Å². The lowest BCUT2D eigenvalue weighted by Gasteiger charge is -2.13. The summed E-state index contributed by atoms with van der Waals surface area (Å²) in [6.07, 6.45) is 0. The molecule has 0 bridgehead atoms. The first-order chi connectivity index (χ1) is 9.65. The minimum absolute atomic E-state index is 0.132. The van der Waals surface area contributed by atoms with E-state index < -0.39 is 0 Å². The van der Waals surface area contributed by atoms with Gasteiger partial charge in [-0.15, -0.1) is 0 Å². The van der Waals surface area contributed by atoms with Crippen LogP contribution in [0.4, 0.5) is 5.69 Å². The molecular weight excluding hydrogens is 320 g/mol. The molecule has 0 radical (unpaired) electrons. The van der Waals surface area contributed by atoms with Crippen molar-refractivity contribution in [1.82, 2.24) is 5.32 Å². The fourth-order valence-corrected chi connectivity index (χ4v) is 2.66. The van der Waals surface area contributed by atoms with E-state index in [0.717, 1.165) is 15.8 Å². The van der Waals surface area contributed by atoms with Gasteiger partial charge in [0.15, 0.2) is 0 Å². The molecule has 1 heterocycles. The molecule has 0 aromatic heterocycles. The number of fused-ring (bicyclic) bond motifs is 1. The quantitative estimate of drug-likeness (QED) is 0.831. The Kier molecular flexibility index (Phi) is 3.36. The van der Waals surface area contributed by atoms with Crippen LogP contribution >= 0.6 is 15.9 Å². The highest BCUT2D eigenvalue weighted by molar-refractivity contribution is 9.10. The van der Waals surface area contributed by atoms with Crippen LogP contribution in [-0.2, 0) is 0 Å². The van der Waals surface area contributed by atoms with Crippen molar-refractivity contribution in [1.29, 1.82) is 0 Å². The third kappa shape index (κ3) is 2.36. The highest BCUT2D eigenvalue weighted by Crippen LogP contribution is 2.32. The Hall–Kier alpha value is -2.01. The Balaban J connectivity index is 1.82. The topological polar surface area (TPSA) is 64.4 Å². The number of carbonyl (C=O) groups is 1. The molecule has 1 unspecified atom stereocenters. The van der Waals surface area contributed by atoms with Gasteiger partial charge in [-0.25, -0.2) is 0 Å². The fraction of sp³-hybridized carbons (Fsp3) is 0.133. The van der Waals surface area contributed by atoms with Crippen molar-refractivity contribution in [3.63, 3.8) is 0 Å². The van der Waals surface area contributed by atoms with Gasteiger partial charge < -0.3 is 15.8 Å². The predicted octanol–water partition coefficient (Wildman–Crippen LogP) is 2.89. The van der Waals surface area contributed by atoms with Crippen LogP contribution < -0.4 is 15.8 Å². The average molecular weight is 333 g/mol. The van der Waals surface area contributed by atoms with Crippen LogP contribution in [0.5, 0.6) is 5.75 Å². The van der Waals surface area contributed by atoms with E-state index in [2.05, 4.69) is 21.2 Å². The molecule has 0 aliphatic carbocycles. The standard InChI is InChI=1S/C15H13BrN2O2/c16-12-6-5-9(17)7-11(12)15(19)18-13-8-20-14-4-2-1-3-10(13)14/h1-7,13H,8,17H2,(H,18,19). The summed E-state index contributed by atoms with van der Waals surface area (Å²) < 4.78 is 6.27. The Bertz CT molecular complexity index is 673. The molecule has 0 spiro atoms. The first-order valence-electron chi connectivity index (χ1n) is 6.23. The van der Waals surface area contributed by atoms with Crippen LogP contribution in [0, 0.1) is 0 Å². The summed E-state index contributed by atoms with van der Waals surface area (Å²) in [5, 5.41) is 2.97. The molecule has 1 atom stereocenters. The number of carbonyl (C=O) groups excluding carboxylic acids is 1. The van der Waals surface area contributed by atoms with Crippen molar-refractivity contribution in [3.8, 4) is 5.75 Å². The maximum absolute atomic E-state index is 12.3. The van der Waals surface area contributed by atoms with Crippen LogP contribution in [0.2, 0.25) is 0 Å². The van der Waals surface area contributed by atoms with Gasteiger partial charge in [0.2, 0.25) is 0 Å². The van der Waals surface area contributed by atoms with Crippen LogP contribution in [-0.4, -0.2) is 12.5 Å². The van der Waals surface area contributed by atoms with Gasteiger partial charge in [0, 0.05) is 15.7 Å². The molecule has 1 aliphatic rings. The Morgan fingerprint density at radius 2 is 2.10 bits per heavy atom. The summed E-state index contributed by atoms with van der Waals surface area (Å²) >= 11 is 3.36. The van der Waals surface area contributed by atoms with Crippen LogP contribution in [0.1, 0.15) is 22.0 Å². The number of nitrogen functional groups attached to an aromatic ring is 1. The van der Waals surface area contributed by atoms with Gasteiger partial charge in [-0.05, 0) is 40.2 Å². The molecule has 20 heavy (non-hydrogen) atoms. The van der Waals surface area contributed by atoms with Crippen LogP contribution in [0.25, 0.3) is 0 Å². The zero-order valence-electron chi connectivity index (χ0n) is 10.6. The highest BCUT2D eigenvalue weighted by Gasteiger charge is 2.26. The average Bonchev–Trinajstić information content (AvgIpc) is 2.85. The minimum Gasteiger partial charge on any atom is -0.491 e. The number of anilines is 1. The van der Waals surface area contributed by atoms with Gasteiger partial charge >= 0.3 is 0 Å². The monoisotopic (exact) mass is 332 g/mol. The third-order valence-corrected chi connectivity index (χ3v) is 3.93. The molecule has 2 aromatic rings. The van der Waals surface area contributed by atoms with Gasteiger partial charge in [-0.2, -0.15) is 0 Å². The number of nitrogens with one attached hydrogen (secondary N) is 1. The van der Waals surface area contributed by atoms with Gasteiger partial charge in [-0.3, -0.25) is 4.79 Å². The van der Waals surface area contributed by atoms with Crippen molar-refractivity contribution >= 4 is 27.5 Å². The fourth-order valence-electron chi connectivity index (χ4n) is 2.24. The SMILES string of the molecule is Nc1ccc(Br)c(C(=O)NC2COc3ccccc32)c1. The summed E-state index contributed by atoms with van der Waals surface area (Å²) in [6.45, 7) is 0.449. The van der Waals surface area contributed by atoms with Crippen molar-refractivity contribution < 1.29 is 9.53 Å². The zero-order chi connectivity index (χ0) is 14.1. The van der Waals surface area contributed by atoms with Gasteiger partial charge in [-0.1, -0.05) is 18.2 Å². The van der Waals surface area contributed by atoms with E-state index in [1.165, 1.54) is 0 Å². The second-order valence-electron chi connectivity index (χ2n) is 4.61. The number of hydrogen-bond donors (Lipinski definition) is 2. The molecular formula is C15H13BrN2O2. The van der Waals surface area contributed by atoms with Crippen molar-refractivity contribution in [2.24, 2.45) is 0 Å². The van der Waals surface area contributed by atoms with Crippen LogP contribution in [0.3, 0.4) is 0 Å². The lowest BCUT2D eigenvalue weighted by Crippen LogP contribution is -2.29. The number of ether oxygens (including phenoxy) is 1. The van der Waals surface area contributed by atoms with E-state index in [1.807, 2.05) is 24.3 Å². The first kappa shape index (κ1) is 13.0. The molecule has 0 saturated carbocycles. The lowest BCUT2D eigenvalue weighted by atomic mass is 10.1. The summed E-state index contributed by atoms with van der Waals surface area (Å²) in [6, 6.07) is 12.7. The molecule has 3 rings (SSSR count). The second-order valence-corrected chi connectivity index (χ2v) is 5.47. The van der Waals surface area contributed by atoms with Gasteiger partial charge in [0.25, 0.3) is 5.91 Å². The highest BCUT2D eigenvalue weighted by atomic mass is 79.9. The Morgan fingerprint density at radius 3 is 2.95 bits per heavy atom. The summed E-state index contributed by atoms with van der Waals surface area (Å²) in [7, 11) is 0. The summed E-state index contributed by atoms with van der Waals surface area (Å²) in [4.78, 5) is 12.3. The number of amides is 1. The zero-order valence-corrected chi connectivity index (χ0v) is 12.2.